The molecule has 10 nitrogen and oxygen atoms in total. The SMILES string of the molecule is O=C(CC1(c2ccc(-c3ccc(-c4cnco4)cc3)s2)CCN(C(=O)C2CCNCC2)CCS1(=O)=O)NO. The van der Waals surface area contributed by atoms with Crippen LogP contribution in [0, 0.1) is 5.92 Å². The lowest BCUT2D eigenvalue weighted by Gasteiger charge is -2.31. The van der Waals surface area contributed by atoms with E-state index in [0.717, 1.165) is 41.9 Å². The molecule has 0 spiro atoms. The molecular formula is C26H30N4O6S2. The number of amides is 2. The zero-order chi connectivity index (χ0) is 26.8. The number of thiophene rings is 1. The summed E-state index contributed by atoms with van der Waals surface area (Å²) >= 11 is 1.31. The minimum absolute atomic E-state index is 0.0252. The Bertz CT molecular complexity index is 1380. The first-order valence-electron chi connectivity index (χ1n) is 12.6. The summed E-state index contributed by atoms with van der Waals surface area (Å²) in [6.45, 7) is 1.84. The number of hydrogen-bond donors (Lipinski definition) is 3. The standard InChI is InChI=1S/C26H30N4O6S2/c31-24(29-33)15-26(9-12-30(13-14-38(26,34)35)25(32)20-7-10-27-11-8-20)23-6-5-22(37-23)19-3-1-18(2-4-19)21-16-28-17-36-21/h1-6,16-17,20,27,33H,7-15H2,(H,29,31). The van der Waals surface area contributed by atoms with Crippen LogP contribution in [0.4, 0.5) is 0 Å². The maximum Gasteiger partial charge on any atom is 0.245 e. The van der Waals surface area contributed by atoms with Gasteiger partial charge in [0.15, 0.2) is 22.0 Å². The number of aromatic nitrogens is 1. The molecule has 1 atom stereocenters. The van der Waals surface area contributed by atoms with E-state index in [2.05, 4.69) is 10.3 Å². The largest absolute Gasteiger partial charge is 0.444 e. The molecule has 2 fully saturated rings. The van der Waals surface area contributed by atoms with Crippen LogP contribution in [0.1, 0.15) is 30.6 Å². The Morgan fingerprint density at radius 3 is 2.55 bits per heavy atom. The second-order valence-electron chi connectivity index (χ2n) is 9.73. The van der Waals surface area contributed by atoms with Gasteiger partial charge in [0.05, 0.1) is 18.4 Å². The van der Waals surface area contributed by atoms with E-state index in [1.54, 1.807) is 22.6 Å². The molecule has 202 valence electrons. The van der Waals surface area contributed by atoms with Crippen molar-refractivity contribution >= 4 is 33.0 Å². The second kappa shape index (κ2) is 11.0. The van der Waals surface area contributed by atoms with Crippen LogP contribution in [0.2, 0.25) is 0 Å². The van der Waals surface area contributed by atoms with E-state index in [1.165, 1.54) is 17.7 Å². The number of hydrogen-bond acceptors (Lipinski definition) is 9. The normalized spacial score (nSPS) is 22.1. The van der Waals surface area contributed by atoms with Gasteiger partial charge in [0.2, 0.25) is 11.8 Å². The first-order valence-corrected chi connectivity index (χ1v) is 15.0. The molecule has 0 bridgehead atoms. The molecule has 0 aliphatic carbocycles. The highest BCUT2D eigenvalue weighted by Gasteiger charge is 2.50. The van der Waals surface area contributed by atoms with Crippen LogP contribution in [-0.4, -0.2) is 67.3 Å². The summed E-state index contributed by atoms with van der Waals surface area (Å²) in [4.78, 5) is 32.6. The Morgan fingerprint density at radius 2 is 1.87 bits per heavy atom. The van der Waals surface area contributed by atoms with Crippen LogP contribution in [0.25, 0.3) is 21.8 Å². The van der Waals surface area contributed by atoms with E-state index >= 15 is 0 Å². The number of sulfone groups is 1. The molecule has 1 unspecified atom stereocenters. The van der Waals surface area contributed by atoms with Gasteiger partial charge >= 0.3 is 0 Å². The predicted octanol–water partition coefficient (Wildman–Crippen LogP) is 2.81. The predicted molar refractivity (Wildman–Crippen MR) is 142 cm³/mol. The summed E-state index contributed by atoms with van der Waals surface area (Å²) in [5, 5.41) is 12.5. The zero-order valence-corrected chi connectivity index (χ0v) is 22.4. The average Bonchev–Trinajstić information content (AvgIpc) is 3.63. The summed E-state index contributed by atoms with van der Waals surface area (Å²) in [6, 6.07) is 11.2. The van der Waals surface area contributed by atoms with E-state index in [-0.39, 0.29) is 37.1 Å². The summed E-state index contributed by atoms with van der Waals surface area (Å²) in [5.41, 5.74) is 3.36. The van der Waals surface area contributed by atoms with Crippen molar-refractivity contribution in [3.63, 3.8) is 0 Å². The summed E-state index contributed by atoms with van der Waals surface area (Å²) < 4.78 is 31.4. The molecule has 12 heteroatoms. The first-order chi connectivity index (χ1) is 18.3. The summed E-state index contributed by atoms with van der Waals surface area (Å²) in [7, 11) is -3.87. The molecule has 1 aromatic carbocycles. The topological polar surface area (TPSA) is 142 Å². The van der Waals surface area contributed by atoms with Crippen molar-refractivity contribution in [2.45, 2.75) is 30.4 Å². The van der Waals surface area contributed by atoms with Gasteiger partial charge in [-0.15, -0.1) is 11.3 Å². The smallest absolute Gasteiger partial charge is 0.245 e. The summed E-state index contributed by atoms with van der Waals surface area (Å²) in [6.07, 6.45) is 4.10. The minimum Gasteiger partial charge on any atom is -0.444 e. The molecule has 38 heavy (non-hydrogen) atoms. The molecule has 2 aromatic heterocycles. The van der Waals surface area contributed by atoms with Crippen molar-refractivity contribution < 1.29 is 27.6 Å². The number of nitrogens with zero attached hydrogens (tertiary/aromatic N) is 2. The highest BCUT2D eigenvalue weighted by Crippen LogP contribution is 2.45. The van der Waals surface area contributed by atoms with E-state index in [1.807, 2.05) is 30.3 Å². The van der Waals surface area contributed by atoms with Gasteiger partial charge in [-0.25, -0.2) is 18.9 Å². The number of oxazole rings is 1. The Labute approximate surface area is 224 Å². The van der Waals surface area contributed by atoms with E-state index in [0.29, 0.717) is 10.6 Å². The molecule has 0 radical (unpaired) electrons. The molecule has 2 amide bonds. The molecular weight excluding hydrogens is 528 g/mol. The van der Waals surface area contributed by atoms with Crippen LogP contribution in [0.15, 0.2) is 53.4 Å². The van der Waals surface area contributed by atoms with Crippen molar-refractivity contribution in [1.29, 1.82) is 0 Å². The number of hydroxylamine groups is 1. The lowest BCUT2D eigenvalue weighted by molar-refractivity contribution is -0.136. The van der Waals surface area contributed by atoms with Crippen molar-refractivity contribution in [1.82, 2.24) is 20.7 Å². The Morgan fingerprint density at radius 1 is 1.13 bits per heavy atom. The first kappa shape index (κ1) is 26.5. The average molecular weight is 559 g/mol. The van der Waals surface area contributed by atoms with Gasteiger partial charge in [-0.3, -0.25) is 14.8 Å². The van der Waals surface area contributed by atoms with E-state index in [4.69, 9.17) is 4.42 Å². The second-order valence-corrected chi connectivity index (χ2v) is 13.2. The number of carbonyl (C=O) groups excluding carboxylic acids is 2. The number of carbonyl (C=O) groups is 2. The third kappa shape index (κ3) is 5.13. The Balaban J connectivity index is 1.45. The molecule has 2 aliphatic heterocycles. The molecule has 5 rings (SSSR count). The maximum atomic E-state index is 13.8. The maximum absolute atomic E-state index is 13.8. The van der Waals surface area contributed by atoms with E-state index in [9.17, 15) is 23.2 Å². The fourth-order valence-corrected chi connectivity index (χ4v) is 8.92. The lowest BCUT2D eigenvalue weighted by atomic mass is 9.94. The van der Waals surface area contributed by atoms with Crippen molar-refractivity contribution in [2.75, 3.05) is 31.9 Å². The Hall–Kier alpha value is -3.06. The van der Waals surface area contributed by atoms with Crippen LogP contribution >= 0.6 is 11.3 Å². The quantitative estimate of drug-likeness (QED) is 0.310. The van der Waals surface area contributed by atoms with Crippen molar-refractivity contribution in [3.8, 4) is 21.8 Å². The van der Waals surface area contributed by atoms with Crippen molar-refractivity contribution in [3.05, 3.63) is 53.9 Å². The van der Waals surface area contributed by atoms with Crippen LogP contribution in [0.5, 0.6) is 0 Å². The highest BCUT2D eigenvalue weighted by molar-refractivity contribution is 7.92. The fraction of sp³-hybridized carbons (Fsp3) is 0.423. The molecule has 0 saturated carbocycles. The zero-order valence-electron chi connectivity index (χ0n) is 20.8. The third-order valence-electron chi connectivity index (χ3n) is 7.52. The fourth-order valence-electron chi connectivity index (χ4n) is 5.31. The molecule has 2 aliphatic rings. The van der Waals surface area contributed by atoms with Crippen LogP contribution in [0.3, 0.4) is 0 Å². The molecule has 2 saturated heterocycles. The number of piperidine rings is 1. The highest BCUT2D eigenvalue weighted by atomic mass is 32.2. The Kier molecular flexibility index (Phi) is 7.66. The van der Waals surface area contributed by atoms with Gasteiger partial charge in [0.1, 0.15) is 4.75 Å². The number of benzene rings is 1. The van der Waals surface area contributed by atoms with E-state index < -0.39 is 26.9 Å². The molecule has 3 N–H and O–H groups in total. The van der Waals surface area contributed by atoms with Gasteiger partial charge in [-0.1, -0.05) is 24.3 Å². The number of rotatable bonds is 6. The third-order valence-corrected chi connectivity index (χ3v) is 11.5. The van der Waals surface area contributed by atoms with Gasteiger partial charge in [0, 0.05) is 34.3 Å². The van der Waals surface area contributed by atoms with Gasteiger partial charge < -0.3 is 14.6 Å². The van der Waals surface area contributed by atoms with Gasteiger partial charge in [0.25, 0.3) is 0 Å². The van der Waals surface area contributed by atoms with Crippen LogP contribution < -0.4 is 10.8 Å². The number of nitrogens with one attached hydrogen (secondary N) is 2. The summed E-state index contributed by atoms with van der Waals surface area (Å²) in [5.74, 6) is -0.534. The van der Waals surface area contributed by atoms with Crippen LogP contribution in [-0.2, 0) is 24.2 Å². The lowest BCUT2D eigenvalue weighted by Crippen LogP contribution is -2.42. The van der Waals surface area contributed by atoms with Crippen molar-refractivity contribution in [2.24, 2.45) is 5.92 Å². The molecule has 4 heterocycles. The molecule has 3 aromatic rings. The van der Waals surface area contributed by atoms with Gasteiger partial charge in [-0.2, -0.15) is 0 Å². The monoisotopic (exact) mass is 558 g/mol. The van der Waals surface area contributed by atoms with Gasteiger partial charge in [-0.05, 0) is 50.0 Å². The minimum atomic E-state index is -3.87.